The largest absolute Gasteiger partial charge is 0.381 e. The van der Waals surface area contributed by atoms with Gasteiger partial charge >= 0.3 is 0 Å². The van der Waals surface area contributed by atoms with Crippen molar-refractivity contribution in [2.24, 2.45) is 4.99 Å². The maximum Gasteiger partial charge on any atom is 0.243 e. The van der Waals surface area contributed by atoms with Crippen LogP contribution in [0.2, 0.25) is 0 Å². The Labute approximate surface area is 181 Å². The topological polar surface area (TPSA) is 66.0 Å². The number of rotatable bonds is 11. The molecule has 1 aromatic rings. The van der Waals surface area contributed by atoms with Gasteiger partial charge in [0, 0.05) is 33.9 Å². The zero-order valence-corrected chi connectivity index (χ0v) is 19.4. The molecule has 0 aromatic heterocycles. The monoisotopic (exact) mass is 490 g/mol. The molecular weight excluding hydrogens is 455 g/mol. The molecule has 0 radical (unpaired) electrons. The van der Waals surface area contributed by atoms with E-state index in [-0.39, 0.29) is 42.5 Å². The highest BCUT2D eigenvalue weighted by atomic mass is 127. The lowest BCUT2D eigenvalue weighted by atomic mass is 10.1. The van der Waals surface area contributed by atoms with Gasteiger partial charge in [0.1, 0.15) is 6.54 Å². The molecular formula is C20H35IN4O2. The normalized spacial score (nSPS) is 12.1. The van der Waals surface area contributed by atoms with Crippen molar-refractivity contribution in [1.29, 1.82) is 0 Å². The number of carbonyl (C=O) groups is 1. The molecule has 0 heterocycles. The van der Waals surface area contributed by atoms with E-state index in [0.29, 0.717) is 5.96 Å². The van der Waals surface area contributed by atoms with Gasteiger partial charge in [-0.25, -0.2) is 4.99 Å². The van der Waals surface area contributed by atoms with Gasteiger partial charge in [-0.3, -0.25) is 4.79 Å². The van der Waals surface area contributed by atoms with Gasteiger partial charge in [0.15, 0.2) is 5.96 Å². The van der Waals surface area contributed by atoms with Gasteiger partial charge in [-0.15, -0.1) is 24.0 Å². The molecule has 27 heavy (non-hydrogen) atoms. The van der Waals surface area contributed by atoms with Crippen LogP contribution in [0.5, 0.6) is 0 Å². The highest BCUT2D eigenvalue weighted by Gasteiger charge is 2.09. The predicted octanol–water partition coefficient (Wildman–Crippen LogP) is 3.20. The van der Waals surface area contributed by atoms with Crippen LogP contribution in [-0.2, 0) is 9.53 Å². The van der Waals surface area contributed by atoms with Crippen LogP contribution in [0.1, 0.15) is 44.7 Å². The molecule has 0 aliphatic carbocycles. The van der Waals surface area contributed by atoms with E-state index < -0.39 is 0 Å². The first-order chi connectivity index (χ1) is 12.5. The van der Waals surface area contributed by atoms with Crippen LogP contribution < -0.4 is 10.6 Å². The maximum atomic E-state index is 11.8. The maximum absolute atomic E-state index is 11.8. The number of nitrogens with zero attached hydrogens (tertiary/aromatic N) is 2. The molecule has 0 saturated carbocycles. The smallest absolute Gasteiger partial charge is 0.243 e. The van der Waals surface area contributed by atoms with Crippen molar-refractivity contribution in [1.82, 2.24) is 15.5 Å². The Bertz CT molecular complexity index is 538. The number of likely N-dealkylation sites (N-methyl/N-ethyl adjacent to an activating group) is 1. The van der Waals surface area contributed by atoms with Crippen molar-refractivity contribution < 1.29 is 9.53 Å². The number of ether oxygens (including phenoxy) is 1. The minimum atomic E-state index is -0.0265. The quantitative estimate of drug-likeness (QED) is 0.217. The van der Waals surface area contributed by atoms with E-state index in [2.05, 4.69) is 41.6 Å². The van der Waals surface area contributed by atoms with Gasteiger partial charge < -0.3 is 20.3 Å². The van der Waals surface area contributed by atoms with Gasteiger partial charge in [-0.2, -0.15) is 0 Å². The third-order valence-corrected chi connectivity index (χ3v) is 3.92. The molecule has 0 spiro atoms. The molecule has 1 amide bonds. The number of guanidine groups is 1. The molecule has 0 saturated heterocycles. The fourth-order valence-corrected chi connectivity index (χ4v) is 2.20. The van der Waals surface area contributed by atoms with Gasteiger partial charge in [-0.05, 0) is 25.3 Å². The third-order valence-electron chi connectivity index (χ3n) is 3.92. The summed E-state index contributed by atoms with van der Waals surface area (Å²) < 4.78 is 5.57. The van der Waals surface area contributed by atoms with E-state index in [9.17, 15) is 4.79 Å². The molecule has 6 nitrogen and oxygen atoms in total. The number of hydrogen-bond acceptors (Lipinski definition) is 3. The Morgan fingerprint density at radius 3 is 2.48 bits per heavy atom. The molecule has 2 N–H and O–H groups in total. The molecule has 0 bridgehead atoms. The van der Waals surface area contributed by atoms with Crippen LogP contribution in [0.4, 0.5) is 0 Å². The van der Waals surface area contributed by atoms with Gasteiger partial charge in [0.05, 0.1) is 6.04 Å². The van der Waals surface area contributed by atoms with Crippen molar-refractivity contribution in [2.75, 3.05) is 40.4 Å². The number of nitrogens with one attached hydrogen (secondary N) is 2. The summed E-state index contributed by atoms with van der Waals surface area (Å²) in [6.07, 6.45) is 3.14. The summed E-state index contributed by atoms with van der Waals surface area (Å²) in [6, 6.07) is 10.3. The van der Waals surface area contributed by atoms with E-state index in [0.717, 1.165) is 39.0 Å². The van der Waals surface area contributed by atoms with Crippen LogP contribution >= 0.6 is 24.0 Å². The second-order valence-electron chi connectivity index (χ2n) is 6.48. The van der Waals surface area contributed by atoms with Gasteiger partial charge in [0.25, 0.3) is 0 Å². The fraction of sp³-hybridized carbons (Fsp3) is 0.600. The Kier molecular flexibility index (Phi) is 14.9. The highest BCUT2D eigenvalue weighted by molar-refractivity contribution is 14.0. The summed E-state index contributed by atoms with van der Waals surface area (Å²) in [5, 5.41) is 6.66. The molecule has 0 aliphatic rings. The lowest BCUT2D eigenvalue weighted by molar-refractivity contribution is -0.127. The Balaban J connectivity index is 0.00000676. The molecule has 1 unspecified atom stereocenters. The fourth-order valence-electron chi connectivity index (χ4n) is 2.20. The zero-order valence-electron chi connectivity index (χ0n) is 17.0. The van der Waals surface area contributed by atoms with Gasteiger partial charge in [0.2, 0.25) is 5.91 Å². The summed E-state index contributed by atoms with van der Waals surface area (Å²) in [5.41, 5.74) is 1.17. The third kappa shape index (κ3) is 11.9. The van der Waals surface area contributed by atoms with Crippen LogP contribution in [0.15, 0.2) is 35.3 Å². The SMILES string of the molecule is CCCCOCCCNC(=NCC(=O)N(C)C)NC(C)c1ccccc1.I. The molecule has 1 aromatic carbocycles. The lowest BCUT2D eigenvalue weighted by Crippen LogP contribution is -2.40. The molecule has 7 heteroatoms. The van der Waals surface area contributed by atoms with E-state index in [1.54, 1.807) is 19.0 Å². The number of halogens is 1. The second-order valence-corrected chi connectivity index (χ2v) is 6.48. The molecule has 0 aliphatic heterocycles. The van der Waals surface area contributed by atoms with E-state index in [1.807, 2.05) is 18.2 Å². The predicted molar refractivity (Wildman–Crippen MR) is 123 cm³/mol. The summed E-state index contributed by atoms with van der Waals surface area (Å²) in [7, 11) is 3.47. The standard InChI is InChI=1S/C20H34N4O2.HI/c1-5-6-14-26-15-10-13-21-20(22-16-19(25)24(3)4)23-17(2)18-11-8-7-9-12-18;/h7-9,11-12,17H,5-6,10,13-16H2,1-4H3,(H2,21,22,23);1H. The number of hydrogen-bond donors (Lipinski definition) is 2. The van der Waals surface area contributed by atoms with E-state index in [4.69, 9.17) is 4.74 Å². The van der Waals surface area contributed by atoms with E-state index >= 15 is 0 Å². The first-order valence-corrected chi connectivity index (χ1v) is 9.42. The Morgan fingerprint density at radius 2 is 1.85 bits per heavy atom. The average molecular weight is 490 g/mol. The Morgan fingerprint density at radius 1 is 1.19 bits per heavy atom. The van der Waals surface area contributed by atoms with E-state index in [1.165, 1.54) is 5.56 Å². The number of amides is 1. The number of benzene rings is 1. The van der Waals surface area contributed by atoms with Crippen molar-refractivity contribution in [3.05, 3.63) is 35.9 Å². The Hall–Kier alpha value is -1.35. The van der Waals surface area contributed by atoms with Crippen LogP contribution in [-0.4, -0.2) is 57.2 Å². The minimum absolute atomic E-state index is 0. The molecule has 1 rings (SSSR count). The summed E-state index contributed by atoms with van der Waals surface area (Å²) in [4.78, 5) is 17.8. The lowest BCUT2D eigenvalue weighted by Gasteiger charge is -2.19. The van der Waals surface area contributed by atoms with Gasteiger partial charge in [-0.1, -0.05) is 43.7 Å². The molecule has 1 atom stereocenters. The first kappa shape index (κ1) is 25.6. The number of aliphatic imine (C=N–C) groups is 1. The highest BCUT2D eigenvalue weighted by Crippen LogP contribution is 2.10. The van der Waals surface area contributed by atoms with Crippen molar-refractivity contribution in [3.63, 3.8) is 0 Å². The van der Waals surface area contributed by atoms with Crippen molar-refractivity contribution >= 4 is 35.8 Å². The minimum Gasteiger partial charge on any atom is -0.381 e. The zero-order chi connectivity index (χ0) is 19.2. The molecule has 154 valence electrons. The number of unbranched alkanes of at least 4 members (excludes halogenated alkanes) is 1. The summed E-state index contributed by atoms with van der Waals surface area (Å²) in [6.45, 7) is 6.64. The second kappa shape index (κ2) is 15.7. The summed E-state index contributed by atoms with van der Waals surface area (Å²) >= 11 is 0. The van der Waals surface area contributed by atoms with Crippen molar-refractivity contribution in [3.8, 4) is 0 Å². The van der Waals surface area contributed by atoms with Crippen molar-refractivity contribution in [2.45, 2.75) is 39.2 Å². The van der Waals surface area contributed by atoms with Crippen LogP contribution in [0.3, 0.4) is 0 Å². The summed E-state index contributed by atoms with van der Waals surface area (Å²) in [5.74, 6) is 0.617. The van der Waals surface area contributed by atoms with Crippen LogP contribution in [0, 0.1) is 0 Å². The number of carbonyl (C=O) groups excluding carboxylic acids is 1. The van der Waals surface area contributed by atoms with Crippen LogP contribution in [0.25, 0.3) is 0 Å². The average Bonchev–Trinajstić information content (AvgIpc) is 2.65. The first-order valence-electron chi connectivity index (χ1n) is 9.42. The molecule has 0 fully saturated rings.